The molecule has 86 valence electrons. The Hall–Kier alpha value is -1.71. The second-order valence-corrected chi connectivity index (χ2v) is 4.13. The van der Waals surface area contributed by atoms with Crippen LogP contribution in [0.15, 0.2) is 35.7 Å². The van der Waals surface area contributed by atoms with Gasteiger partial charge in [-0.05, 0) is 6.42 Å². The number of dihydropyridines is 1. The molecular formula is C12H16N2O2. The van der Waals surface area contributed by atoms with Gasteiger partial charge in [0.2, 0.25) is 0 Å². The fraction of sp³-hybridized carbons (Fsp3) is 0.417. The molecule has 0 aromatic carbocycles. The molecular weight excluding hydrogens is 204 g/mol. The Bertz CT molecular complexity index is 382. The van der Waals surface area contributed by atoms with Crippen LogP contribution in [0.2, 0.25) is 0 Å². The summed E-state index contributed by atoms with van der Waals surface area (Å²) in [6.45, 7) is 0.894. The molecule has 0 bridgehead atoms. The summed E-state index contributed by atoms with van der Waals surface area (Å²) in [6, 6.07) is 0.129. The topological polar surface area (TPSA) is 52.6 Å². The van der Waals surface area contributed by atoms with Gasteiger partial charge in [0, 0.05) is 31.6 Å². The molecule has 4 heteroatoms. The number of hydrogen-bond donors (Lipinski definition) is 2. The zero-order valence-corrected chi connectivity index (χ0v) is 9.31. The third kappa shape index (κ3) is 2.27. The Morgan fingerprint density at radius 1 is 1.62 bits per heavy atom. The van der Waals surface area contributed by atoms with Crippen molar-refractivity contribution in [1.29, 1.82) is 0 Å². The molecule has 4 nitrogen and oxygen atoms in total. The van der Waals surface area contributed by atoms with Crippen molar-refractivity contribution < 1.29 is 9.90 Å². The fourth-order valence-electron chi connectivity index (χ4n) is 1.95. The molecule has 1 atom stereocenters. The SMILES string of the molecule is CN1CC=CC2=C1NC(CCC(=O)O)C=C2. The third-order valence-electron chi connectivity index (χ3n) is 2.83. The average Bonchev–Trinajstić information content (AvgIpc) is 2.27. The van der Waals surface area contributed by atoms with E-state index in [1.807, 2.05) is 13.1 Å². The normalized spacial score (nSPS) is 23.1. The molecule has 2 rings (SSSR count). The number of carbonyl (C=O) groups is 1. The Morgan fingerprint density at radius 2 is 2.44 bits per heavy atom. The van der Waals surface area contributed by atoms with Gasteiger partial charge in [0.15, 0.2) is 0 Å². The van der Waals surface area contributed by atoms with E-state index in [1.165, 1.54) is 5.57 Å². The minimum atomic E-state index is -0.744. The number of hydrogen-bond acceptors (Lipinski definition) is 3. The second-order valence-electron chi connectivity index (χ2n) is 4.13. The third-order valence-corrected chi connectivity index (χ3v) is 2.83. The van der Waals surface area contributed by atoms with Crippen molar-refractivity contribution >= 4 is 5.97 Å². The summed E-state index contributed by atoms with van der Waals surface area (Å²) in [4.78, 5) is 12.6. The number of nitrogens with one attached hydrogen (secondary N) is 1. The Morgan fingerprint density at radius 3 is 3.19 bits per heavy atom. The van der Waals surface area contributed by atoms with Crippen molar-refractivity contribution in [3.8, 4) is 0 Å². The number of likely N-dealkylation sites (N-methyl/N-ethyl adjacent to an activating group) is 1. The van der Waals surface area contributed by atoms with E-state index >= 15 is 0 Å². The van der Waals surface area contributed by atoms with Gasteiger partial charge < -0.3 is 15.3 Å². The van der Waals surface area contributed by atoms with Crippen LogP contribution in [0.25, 0.3) is 0 Å². The van der Waals surface area contributed by atoms with Gasteiger partial charge in [-0.2, -0.15) is 0 Å². The van der Waals surface area contributed by atoms with Gasteiger partial charge in [0.05, 0.1) is 0 Å². The van der Waals surface area contributed by atoms with Gasteiger partial charge in [-0.1, -0.05) is 24.3 Å². The van der Waals surface area contributed by atoms with Crippen molar-refractivity contribution in [2.45, 2.75) is 18.9 Å². The lowest BCUT2D eigenvalue weighted by atomic mass is 10.0. The summed E-state index contributed by atoms with van der Waals surface area (Å²) in [5.74, 6) is 0.354. The highest BCUT2D eigenvalue weighted by Gasteiger charge is 2.19. The molecule has 0 saturated heterocycles. The summed E-state index contributed by atoms with van der Waals surface area (Å²) < 4.78 is 0. The summed E-state index contributed by atoms with van der Waals surface area (Å²) in [7, 11) is 2.03. The van der Waals surface area contributed by atoms with Crippen molar-refractivity contribution in [3.63, 3.8) is 0 Å². The molecule has 0 aromatic rings. The summed E-state index contributed by atoms with van der Waals surface area (Å²) in [5, 5.41) is 12.0. The van der Waals surface area contributed by atoms with Crippen LogP contribution in [-0.4, -0.2) is 35.6 Å². The van der Waals surface area contributed by atoms with Crippen LogP contribution >= 0.6 is 0 Å². The first-order chi connectivity index (χ1) is 7.66. The van der Waals surface area contributed by atoms with E-state index in [9.17, 15) is 4.79 Å². The number of nitrogens with zero attached hydrogens (tertiary/aromatic N) is 1. The lowest BCUT2D eigenvalue weighted by Gasteiger charge is -2.32. The maximum Gasteiger partial charge on any atom is 0.303 e. The molecule has 0 aliphatic carbocycles. The van der Waals surface area contributed by atoms with Gasteiger partial charge in [0.25, 0.3) is 0 Å². The largest absolute Gasteiger partial charge is 0.481 e. The first kappa shape index (κ1) is 10.8. The molecule has 1 unspecified atom stereocenters. The van der Waals surface area contributed by atoms with E-state index in [0.29, 0.717) is 6.42 Å². The van der Waals surface area contributed by atoms with Crippen LogP contribution in [0.4, 0.5) is 0 Å². The van der Waals surface area contributed by atoms with Crippen LogP contribution in [0, 0.1) is 0 Å². The molecule has 16 heavy (non-hydrogen) atoms. The molecule has 2 N–H and O–H groups in total. The highest BCUT2D eigenvalue weighted by atomic mass is 16.4. The van der Waals surface area contributed by atoms with E-state index in [2.05, 4.69) is 28.4 Å². The lowest BCUT2D eigenvalue weighted by Crippen LogP contribution is -2.39. The molecule has 0 amide bonds. The summed E-state index contributed by atoms with van der Waals surface area (Å²) >= 11 is 0. The van der Waals surface area contributed by atoms with E-state index < -0.39 is 5.97 Å². The Kier molecular flexibility index (Phi) is 2.99. The van der Waals surface area contributed by atoms with E-state index in [-0.39, 0.29) is 12.5 Å². The second kappa shape index (κ2) is 4.43. The van der Waals surface area contributed by atoms with Crippen molar-refractivity contribution in [3.05, 3.63) is 35.7 Å². The maximum atomic E-state index is 10.5. The van der Waals surface area contributed by atoms with Gasteiger partial charge in [-0.3, -0.25) is 4.79 Å². The molecule has 0 saturated carbocycles. The number of carboxylic acids is 1. The molecule has 2 aliphatic rings. The van der Waals surface area contributed by atoms with Crippen LogP contribution in [0.5, 0.6) is 0 Å². The quantitative estimate of drug-likeness (QED) is 0.747. The van der Waals surface area contributed by atoms with Crippen molar-refractivity contribution in [2.75, 3.05) is 13.6 Å². The lowest BCUT2D eigenvalue weighted by molar-refractivity contribution is -0.137. The zero-order valence-electron chi connectivity index (χ0n) is 9.31. The van der Waals surface area contributed by atoms with Crippen molar-refractivity contribution in [1.82, 2.24) is 10.2 Å². The standard InChI is InChI=1S/C12H16N2O2/c1-14-8-2-3-9-4-5-10(13-12(9)14)6-7-11(15)16/h2-5,10,13H,6-8H2,1H3,(H,15,16). The minimum absolute atomic E-state index is 0.129. The maximum absolute atomic E-state index is 10.5. The van der Waals surface area contributed by atoms with E-state index in [4.69, 9.17) is 5.11 Å². The number of aliphatic carboxylic acids is 1. The zero-order chi connectivity index (χ0) is 11.5. The van der Waals surface area contributed by atoms with Gasteiger partial charge >= 0.3 is 5.97 Å². The molecule has 0 fully saturated rings. The van der Waals surface area contributed by atoms with Crippen LogP contribution in [-0.2, 0) is 4.79 Å². The number of allylic oxidation sites excluding steroid dienone is 3. The first-order valence-corrected chi connectivity index (χ1v) is 5.45. The van der Waals surface area contributed by atoms with E-state index in [0.717, 1.165) is 12.4 Å². The van der Waals surface area contributed by atoms with Gasteiger partial charge in [0.1, 0.15) is 5.82 Å². The Labute approximate surface area is 94.9 Å². The molecule has 2 aliphatic heterocycles. The van der Waals surface area contributed by atoms with E-state index in [1.54, 1.807) is 0 Å². The summed E-state index contributed by atoms with van der Waals surface area (Å²) in [6.07, 6.45) is 9.12. The van der Waals surface area contributed by atoms with Crippen LogP contribution in [0.1, 0.15) is 12.8 Å². The fourth-order valence-corrected chi connectivity index (χ4v) is 1.95. The predicted octanol–water partition coefficient (Wildman–Crippen LogP) is 1.09. The first-order valence-electron chi connectivity index (χ1n) is 5.45. The minimum Gasteiger partial charge on any atom is -0.481 e. The molecule has 0 spiro atoms. The van der Waals surface area contributed by atoms with Gasteiger partial charge in [-0.15, -0.1) is 0 Å². The number of carboxylic acid groups (broad SMARTS) is 1. The number of rotatable bonds is 3. The Balaban J connectivity index is 2.01. The predicted molar refractivity (Wildman–Crippen MR) is 61.7 cm³/mol. The summed E-state index contributed by atoms with van der Waals surface area (Å²) in [5.41, 5.74) is 1.17. The molecule has 0 radical (unpaired) electrons. The average molecular weight is 220 g/mol. The monoisotopic (exact) mass is 220 g/mol. The smallest absolute Gasteiger partial charge is 0.303 e. The van der Waals surface area contributed by atoms with Gasteiger partial charge in [-0.25, -0.2) is 0 Å². The van der Waals surface area contributed by atoms with Crippen molar-refractivity contribution in [2.24, 2.45) is 0 Å². The van der Waals surface area contributed by atoms with Crippen LogP contribution < -0.4 is 5.32 Å². The molecule has 2 heterocycles. The molecule has 0 aromatic heterocycles. The highest BCUT2D eigenvalue weighted by Crippen LogP contribution is 2.20. The highest BCUT2D eigenvalue weighted by molar-refractivity contribution is 5.66. The van der Waals surface area contributed by atoms with Crippen LogP contribution in [0.3, 0.4) is 0 Å².